The minimum Gasteiger partial charge on any atom is -0.325 e. The van der Waals surface area contributed by atoms with Gasteiger partial charge < -0.3 is 5.32 Å². The summed E-state index contributed by atoms with van der Waals surface area (Å²) in [6, 6.07) is 7.04. The molecule has 0 bridgehead atoms. The maximum atomic E-state index is 12.6. The molecular formula is C21H33N3O3S. The summed E-state index contributed by atoms with van der Waals surface area (Å²) in [6.07, 6.45) is 7.56. The zero-order valence-electron chi connectivity index (χ0n) is 17.1. The molecule has 1 aliphatic heterocycles. The Morgan fingerprint density at radius 2 is 1.71 bits per heavy atom. The number of nitrogens with zero attached hydrogens (tertiary/aromatic N) is 2. The van der Waals surface area contributed by atoms with Gasteiger partial charge in [-0.05, 0) is 62.4 Å². The number of amides is 1. The molecule has 1 N–H and O–H groups in total. The number of sulfonamides is 1. The SMILES string of the molecule is CCN(CC)S(=O)(=O)c1ccc(NC(=O)CN2CCC[C@H]3CCCC[C@@H]32)cc1. The molecule has 1 aliphatic carbocycles. The lowest BCUT2D eigenvalue weighted by atomic mass is 9.78. The third kappa shape index (κ3) is 4.75. The molecule has 0 unspecified atom stereocenters. The monoisotopic (exact) mass is 407 g/mol. The van der Waals surface area contributed by atoms with Crippen molar-refractivity contribution in [2.24, 2.45) is 5.92 Å². The second kappa shape index (κ2) is 9.37. The van der Waals surface area contributed by atoms with Crippen molar-refractivity contribution in [1.29, 1.82) is 0 Å². The van der Waals surface area contributed by atoms with Crippen molar-refractivity contribution >= 4 is 21.6 Å². The van der Waals surface area contributed by atoms with Crippen LogP contribution in [0.25, 0.3) is 0 Å². The van der Waals surface area contributed by atoms with Crippen LogP contribution in [-0.2, 0) is 14.8 Å². The molecule has 2 atom stereocenters. The molecule has 1 aromatic rings. The first kappa shape index (κ1) is 21.3. The highest BCUT2D eigenvalue weighted by Gasteiger charge is 2.33. The molecule has 6 nitrogen and oxygen atoms in total. The summed E-state index contributed by atoms with van der Waals surface area (Å²) in [4.78, 5) is 15.2. The van der Waals surface area contributed by atoms with E-state index in [2.05, 4.69) is 10.2 Å². The molecule has 0 radical (unpaired) electrons. The van der Waals surface area contributed by atoms with E-state index in [0.29, 0.717) is 31.4 Å². The Morgan fingerprint density at radius 1 is 1.07 bits per heavy atom. The van der Waals surface area contributed by atoms with E-state index in [9.17, 15) is 13.2 Å². The van der Waals surface area contributed by atoms with Gasteiger partial charge in [0.05, 0.1) is 11.4 Å². The van der Waals surface area contributed by atoms with E-state index in [-0.39, 0.29) is 10.8 Å². The minimum absolute atomic E-state index is 0.0226. The number of rotatable bonds is 7. The quantitative estimate of drug-likeness (QED) is 0.753. The number of piperidine rings is 1. The fourth-order valence-corrected chi connectivity index (χ4v) is 6.19. The van der Waals surface area contributed by atoms with Gasteiger partial charge in [0.2, 0.25) is 15.9 Å². The summed E-state index contributed by atoms with van der Waals surface area (Å²) in [5.41, 5.74) is 0.640. The molecule has 1 heterocycles. The van der Waals surface area contributed by atoms with Gasteiger partial charge in [0.15, 0.2) is 0 Å². The van der Waals surface area contributed by atoms with Gasteiger partial charge >= 0.3 is 0 Å². The van der Waals surface area contributed by atoms with Gasteiger partial charge in [-0.3, -0.25) is 9.69 Å². The molecule has 1 aromatic carbocycles. The van der Waals surface area contributed by atoms with Crippen LogP contribution < -0.4 is 5.32 Å². The molecule has 2 fully saturated rings. The Kier molecular flexibility index (Phi) is 7.12. The highest BCUT2D eigenvalue weighted by Crippen LogP contribution is 2.35. The maximum Gasteiger partial charge on any atom is 0.243 e. The number of hydrogen-bond acceptors (Lipinski definition) is 4. The van der Waals surface area contributed by atoms with Crippen LogP contribution in [0.15, 0.2) is 29.2 Å². The van der Waals surface area contributed by atoms with Crippen molar-refractivity contribution in [3.8, 4) is 0 Å². The molecule has 2 aliphatic rings. The zero-order chi connectivity index (χ0) is 20.1. The zero-order valence-corrected chi connectivity index (χ0v) is 17.9. The summed E-state index contributed by atoms with van der Waals surface area (Å²) >= 11 is 0. The lowest BCUT2D eigenvalue weighted by molar-refractivity contribution is -0.118. The number of benzene rings is 1. The fraction of sp³-hybridized carbons (Fsp3) is 0.667. The maximum absolute atomic E-state index is 12.6. The van der Waals surface area contributed by atoms with Gasteiger partial charge in [0.25, 0.3) is 0 Å². The van der Waals surface area contributed by atoms with Crippen molar-refractivity contribution in [1.82, 2.24) is 9.21 Å². The number of carbonyl (C=O) groups excluding carboxylic acids is 1. The van der Waals surface area contributed by atoms with Crippen molar-refractivity contribution in [2.75, 3.05) is 31.5 Å². The minimum atomic E-state index is -3.47. The number of fused-ring (bicyclic) bond motifs is 1. The number of hydrogen-bond donors (Lipinski definition) is 1. The van der Waals surface area contributed by atoms with Gasteiger partial charge in [-0.25, -0.2) is 8.42 Å². The summed E-state index contributed by atoms with van der Waals surface area (Å²) in [5.74, 6) is 0.727. The Labute approximate surface area is 169 Å². The van der Waals surface area contributed by atoms with Crippen molar-refractivity contribution in [3.63, 3.8) is 0 Å². The van der Waals surface area contributed by atoms with Crippen LogP contribution in [0, 0.1) is 5.92 Å². The van der Waals surface area contributed by atoms with E-state index in [1.54, 1.807) is 24.3 Å². The molecular weight excluding hydrogens is 374 g/mol. The Bertz CT molecular complexity index is 758. The highest BCUT2D eigenvalue weighted by molar-refractivity contribution is 7.89. The van der Waals surface area contributed by atoms with Crippen molar-refractivity contribution in [2.45, 2.75) is 63.3 Å². The lowest BCUT2D eigenvalue weighted by Crippen LogP contribution is -2.49. The Hall–Kier alpha value is -1.44. The Balaban J connectivity index is 1.60. The van der Waals surface area contributed by atoms with E-state index >= 15 is 0 Å². The first-order valence-corrected chi connectivity index (χ1v) is 12.0. The summed E-state index contributed by atoms with van der Waals surface area (Å²) in [6.45, 7) is 5.95. The average molecular weight is 408 g/mol. The van der Waals surface area contributed by atoms with Crippen LogP contribution in [0.4, 0.5) is 5.69 Å². The van der Waals surface area contributed by atoms with Crippen LogP contribution in [0.5, 0.6) is 0 Å². The van der Waals surface area contributed by atoms with Crippen molar-refractivity contribution in [3.05, 3.63) is 24.3 Å². The normalized spacial score (nSPS) is 23.4. The lowest BCUT2D eigenvalue weighted by Gasteiger charge is -2.43. The summed E-state index contributed by atoms with van der Waals surface area (Å²) in [5, 5.41) is 2.93. The number of anilines is 1. The highest BCUT2D eigenvalue weighted by atomic mass is 32.2. The first-order chi connectivity index (χ1) is 13.5. The van der Waals surface area contributed by atoms with E-state index in [0.717, 1.165) is 12.5 Å². The molecule has 28 heavy (non-hydrogen) atoms. The van der Waals surface area contributed by atoms with E-state index in [4.69, 9.17) is 0 Å². The van der Waals surface area contributed by atoms with Crippen LogP contribution in [-0.4, -0.2) is 55.8 Å². The third-order valence-corrected chi connectivity index (χ3v) is 8.25. The van der Waals surface area contributed by atoms with Gasteiger partial charge in [-0.1, -0.05) is 26.7 Å². The molecule has 156 valence electrons. The molecule has 1 amide bonds. The second-order valence-corrected chi connectivity index (χ2v) is 9.82. The molecule has 3 rings (SSSR count). The second-order valence-electron chi connectivity index (χ2n) is 7.89. The molecule has 1 saturated heterocycles. The predicted molar refractivity (Wildman–Crippen MR) is 112 cm³/mol. The number of likely N-dealkylation sites (tertiary alicyclic amines) is 1. The number of nitrogens with one attached hydrogen (secondary N) is 1. The number of carbonyl (C=O) groups is 1. The third-order valence-electron chi connectivity index (χ3n) is 6.19. The van der Waals surface area contributed by atoms with Crippen LogP contribution in [0.1, 0.15) is 52.4 Å². The van der Waals surface area contributed by atoms with E-state index in [1.165, 1.54) is 42.8 Å². The van der Waals surface area contributed by atoms with Crippen LogP contribution >= 0.6 is 0 Å². The van der Waals surface area contributed by atoms with Crippen LogP contribution in [0.3, 0.4) is 0 Å². The van der Waals surface area contributed by atoms with Crippen LogP contribution in [0.2, 0.25) is 0 Å². The van der Waals surface area contributed by atoms with Crippen molar-refractivity contribution < 1.29 is 13.2 Å². The Morgan fingerprint density at radius 3 is 2.39 bits per heavy atom. The standard InChI is InChI=1S/C21H33N3O3S/c1-3-24(4-2)28(26,27)19-13-11-18(12-14-19)22-21(25)16-23-15-7-9-17-8-5-6-10-20(17)23/h11-14,17,20H,3-10,15-16H2,1-2H3,(H,22,25)/t17-,20+/m1/s1. The van der Waals surface area contributed by atoms with Gasteiger partial charge in [-0.2, -0.15) is 4.31 Å². The van der Waals surface area contributed by atoms with Gasteiger partial charge in [0, 0.05) is 24.8 Å². The molecule has 7 heteroatoms. The molecule has 1 saturated carbocycles. The smallest absolute Gasteiger partial charge is 0.243 e. The largest absolute Gasteiger partial charge is 0.325 e. The first-order valence-electron chi connectivity index (χ1n) is 10.6. The van der Waals surface area contributed by atoms with E-state index < -0.39 is 10.0 Å². The molecule has 0 spiro atoms. The average Bonchev–Trinajstić information content (AvgIpc) is 2.69. The van der Waals surface area contributed by atoms with E-state index in [1.807, 2.05) is 13.8 Å². The summed E-state index contributed by atoms with van der Waals surface area (Å²) < 4.78 is 26.5. The molecule has 0 aromatic heterocycles. The fourth-order valence-electron chi connectivity index (χ4n) is 4.73. The van der Waals surface area contributed by atoms with Gasteiger partial charge in [-0.15, -0.1) is 0 Å². The van der Waals surface area contributed by atoms with Gasteiger partial charge in [0.1, 0.15) is 0 Å². The topological polar surface area (TPSA) is 69.7 Å². The summed E-state index contributed by atoms with van der Waals surface area (Å²) in [7, 11) is -3.47. The predicted octanol–water partition coefficient (Wildman–Crippen LogP) is 3.31.